The van der Waals surface area contributed by atoms with Gasteiger partial charge >= 0.3 is 0 Å². The minimum atomic E-state index is 0.879. The lowest BCUT2D eigenvalue weighted by Crippen LogP contribution is -2.00. The average Bonchev–Trinajstić information content (AvgIpc) is 4.14. The number of hydrogen-bond donors (Lipinski definition) is 0. The minimum absolute atomic E-state index is 0.879. The molecule has 14 rings (SSSR count). The van der Waals surface area contributed by atoms with E-state index in [1.165, 1.54) is 76.9 Å². The van der Waals surface area contributed by atoms with Gasteiger partial charge in [0.25, 0.3) is 0 Å². The fraction of sp³-hybridized carbons (Fsp3) is 0. The molecule has 5 aromatic heterocycles. The van der Waals surface area contributed by atoms with Crippen molar-refractivity contribution in [3.63, 3.8) is 0 Å². The van der Waals surface area contributed by atoms with Crippen molar-refractivity contribution >= 4 is 110 Å². The molecule has 0 atom stereocenters. The van der Waals surface area contributed by atoms with Crippen molar-refractivity contribution in [1.82, 2.24) is 27.0 Å². The van der Waals surface area contributed by atoms with Gasteiger partial charge < -0.3 is 18.3 Å². The van der Waals surface area contributed by atoms with Crippen LogP contribution in [0, 0.1) is 0 Å². The van der Waals surface area contributed by atoms with Crippen molar-refractivity contribution in [3.05, 3.63) is 194 Å². The van der Waals surface area contributed by atoms with Gasteiger partial charge in [-0.15, -0.1) is 0 Å². The molecule has 0 spiro atoms. The van der Waals surface area contributed by atoms with E-state index < -0.39 is 0 Å². The van der Waals surface area contributed by atoms with Crippen LogP contribution in [0.4, 0.5) is 0 Å². The predicted octanol–water partition coefficient (Wildman–Crippen LogP) is 14.1. The minimum Gasteiger partial charge on any atom is -0.309 e. The smallest absolute Gasteiger partial charge is 0.130 e. The molecular formula is C54H32N6S. The molecule has 7 heteroatoms. The number of benzene rings is 9. The van der Waals surface area contributed by atoms with E-state index in [-0.39, 0.29) is 0 Å². The Morgan fingerprint density at radius 2 is 0.541 bits per heavy atom. The Morgan fingerprint density at radius 3 is 0.885 bits per heavy atom. The first-order valence-electron chi connectivity index (χ1n) is 20.6. The summed E-state index contributed by atoms with van der Waals surface area (Å²) in [5.41, 5.74) is 15.4. The van der Waals surface area contributed by atoms with Crippen molar-refractivity contribution in [3.8, 4) is 22.7 Å². The average molecular weight is 797 g/mol. The fourth-order valence-electron chi connectivity index (χ4n) is 10.3. The molecule has 284 valence electrons. The molecule has 0 amide bonds. The Kier molecular flexibility index (Phi) is 6.62. The van der Waals surface area contributed by atoms with E-state index in [1.54, 1.807) is 0 Å². The molecule has 0 fully saturated rings. The van der Waals surface area contributed by atoms with Gasteiger partial charge in [0.15, 0.2) is 0 Å². The Labute approximate surface area is 352 Å². The first kappa shape index (κ1) is 32.9. The molecule has 9 aromatic carbocycles. The number of para-hydroxylation sites is 6. The Balaban J connectivity index is 0.970. The van der Waals surface area contributed by atoms with Crippen LogP contribution in [-0.4, -0.2) is 27.0 Å². The molecule has 0 aliphatic heterocycles. The second-order valence-electron chi connectivity index (χ2n) is 15.9. The topological polar surface area (TPSA) is 45.5 Å². The number of fused-ring (bicyclic) bond motifs is 13. The summed E-state index contributed by atoms with van der Waals surface area (Å²) in [5.74, 6) is 0. The van der Waals surface area contributed by atoms with E-state index in [0.29, 0.717) is 0 Å². The van der Waals surface area contributed by atoms with Crippen molar-refractivity contribution in [2.24, 2.45) is 0 Å². The molecule has 0 radical (unpaired) electrons. The summed E-state index contributed by atoms with van der Waals surface area (Å²) >= 11 is 1.27. The fourth-order valence-corrected chi connectivity index (χ4v) is 10.9. The number of nitrogens with zero attached hydrogens (tertiary/aromatic N) is 6. The highest BCUT2D eigenvalue weighted by atomic mass is 32.1. The van der Waals surface area contributed by atoms with Crippen LogP contribution in [0.3, 0.4) is 0 Å². The molecule has 0 saturated heterocycles. The summed E-state index contributed by atoms with van der Waals surface area (Å²) in [7, 11) is 0. The summed E-state index contributed by atoms with van der Waals surface area (Å²) in [6, 6.07) is 70.4. The zero-order valence-electron chi connectivity index (χ0n) is 32.6. The zero-order chi connectivity index (χ0) is 39.8. The second kappa shape index (κ2) is 12.3. The Bertz CT molecular complexity index is 3760. The maximum atomic E-state index is 5.04. The second-order valence-corrected chi connectivity index (χ2v) is 16.4. The molecule has 0 aliphatic rings. The largest absolute Gasteiger partial charge is 0.309 e. The van der Waals surface area contributed by atoms with Gasteiger partial charge in [-0.2, -0.15) is 8.75 Å². The third-order valence-corrected chi connectivity index (χ3v) is 13.4. The van der Waals surface area contributed by atoms with Gasteiger partial charge in [0.05, 0.1) is 67.2 Å². The quantitative estimate of drug-likeness (QED) is 0.178. The van der Waals surface area contributed by atoms with Gasteiger partial charge in [0.1, 0.15) is 11.0 Å². The van der Waals surface area contributed by atoms with Crippen LogP contribution >= 0.6 is 11.7 Å². The highest BCUT2D eigenvalue weighted by molar-refractivity contribution is 7.00. The third-order valence-electron chi connectivity index (χ3n) is 12.8. The lowest BCUT2D eigenvalue weighted by Gasteiger charge is -2.14. The number of rotatable bonds is 4. The summed E-state index contributed by atoms with van der Waals surface area (Å²) < 4.78 is 19.6. The lowest BCUT2D eigenvalue weighted by atomic mass is 10.1. The van der Waals surface area contributed by atoms with E-state index in [0.717, 1.165) is 55.8 Å². The molecule has 5 heterocycles. The number of hydrogen-bond acceptors (Lipinski definition) is 3. The zero-order valence-corrected chi connectivity index (χ0v) is 33.4. The summed E-state index contributed by atoms with van der Waals surface area (Å²) in [6.45, 7) is 0. The van der Waals surface area contributed by atoms with Crippen LogP contribution in [0.1, 0.15) is 0 Å². The molecule has 0 unspecified atom stereocenters. The first-order chi connectivity index (χ1) is 30.3. The van der Waals surface area contributed by atoms with Crippen molar-refractivity contribution in [2.75, 3.05) is 0 Å². The van der Waals surface area contributed by atoms with Crippen LogP contribution in [0.5, 0.6) is 0 Å². The summed E-state index contributed by atoms with van der Waals surface area (Å²) in [6.07, 6.45) is 0. The van der Waals surface area contributed by atoms with E-state index in [2.05, 4.69) is 212 Å². The maximum absolute atomic E-state index is 5.04. The first-order valence-corrected chi connectivity index (χ1v) is 21.3. The van der Waals surface area contributed by atoms with Crippen molar-refractivity contribution in [2.45, 2.75) is 0 Å². The SMILES string of the molecule is c1ccc2c(c1)c1ccccc1n2-c1ccc2c(c1)c1ccccc1n2-c1ccc(-n2c3ccccc3c3cc(-n4c5ccccc5c5ccccc54)ccc32)c2nsnc12. The monoisotopic (exact) mass is 796 g/mol. The van der Waals surface area contributed by atoms with Crippen molar-refractivity contribution in [1.29, 1.82) is 0 Å². The molecule has 0 bridgehead atoms. The molecule has 0 N–H and O–H groups in total. The lowest BCUT2D eigenvalue weighted by molar-refractivity contribution is 1.15. The van der Waals surface area contributed by atoms with Gasteiger partial charge in [-0.1, -0.05) is 109 Å². The molecule has 0 aliphatic carbocycles. The van der Waals surface area contributed by atoms with Gasteiger partial charge in [-0.25, -0.2) is 0 Å². The van der Waals surface area contributed by atoms with Gasteiger partial charge in [0, 0.05) is 54.5 Å². The van der Waals surface area contributed by atoms with Crippen LogP contribution in [-0.2, 0) is 0 Å². The molecule has 61 heavy (non-hydrogen) atoms. The Morgan fingerprint density at radius 1 is 0.262 bits per heavy atom. The Hall–Kier alpha value is -8.00. The van der Waals surface area contributed by atoms with E-state index in [9.17, 15) is 0 Å². The normalized spacial score (nSPS) is 12.3. The highest BCUT2D eigenvalue weighted by Crippen LogP contribution is 2.41. The van der Waals surface area contributed by atoms with Crippen molar-refractivity contribution < 1.29 is 0 Å². The predicted molar refractivity (Wildman–Crippen MR) is 255 cm³/mol. The van der Waals surface area contributed by atoms with Crippen LogP contribution in [0.25, 0.3) is 121 Å². The summed E-state index contributed by atoms with van der Waals surface area (Å²) in [5, 5.41) is 9.80. The molecule has 14 aromatic rings. The van der Waals surface area contributed by atoms with Crippen LogP contribution in [0.15, 0.2) is 194 Å². The molecular weight excluding hydrogens is 765 g/mol. The highest BCUT2D eigenvalue weighted by Gasteiger charge is 2.22. The molecule has 6 nitrogen and oxygen atoms in total. The van der Waals surface area contributed by atoms with Crippen LogP contribution < -0.4 is 0 Å². The van der Waals surface area contributed by atoms with Gasteiger partial charge in [-0.05, 0) is 84.9 Å². The maximum Gasteiger partial charge on any atom is 0.130 e. The molecule has 0 saturated carbocycles. The summed E-state index contributed by atoms with van der Waals surface area (Å²) in [4.78, 5) is 0. The van der Waals surface area contributed by atoms with E-state index in [4.69, 9.17) is 8.75 Å². The number of aromatic nitrogens is 6. The van der Waals surface area contributed by atoms with E-state index in [1.807, 2.05) is 0 Å². The van der Waals surface area contributed by atoms with Gasteiger partial charge in [-0.3, -0.25) is 0 Å². The third kappa shape index (κ3) is 4.45. The standard InChI is InChI=1S/C54H32N6S/c1-7-19-43-35(13-1)36-14-2-8-20-44(36)57(43)33-25-27-49-41(31-33)39-17-5-11-23-47(39)59(49)51-29-30-52(54-53(51)55-61-56-54)60-48-24-12-6-18-40(48)42-32-34(26-28-50(42)60)58-45-21-9-3-15-37(45)38-16-4-10-22-46(38)58/h1-32H. The van der Waals surface area contributed by atoms with Crippen LogP contribution in [0.2, 0.25) is 0 Å². The van der Waals surface area contributed by atoms with Gasteiger partial charge in [0.2, 0.25) is 0 Å². The van der Waals surface area contributed by atoms with E-state index >= 15 is 0 Å².